The molecule has 16 heteroatoms. The largest absolute Gasteiger partial charge is 0.357 e. The smallest absolute Gasteiger partial charge is 0.346 e. The number of aryl methyl sites for hydroxylation is 2. The maximum Gasteiger partial charge on any atom is 0.357 e. The van der Waals surface area contributed by atoms with Crippen LogP contribution in [0.5, 0.6) is 0 Å². The van der Waals surface area contributed by atoms with Crippen LogP contribution in [0.4, 0.5) is 11.4 Å². The van der Waals surface area contributed by atoms with Gasteiger partial charge in [0.2, 0.25) is 11.8 Å². The fraction of sp³-hybridized carbons (Fsp3) is 0.214. The molecule has 2 amide bonds. The van der Waals surface area contributed by atoms with E-state index in [-0.39, 0.29) is 47.1 Å². The summed E-state index contributed by atoms with van der Waals surface area (Å²) < 4.78 is 33.3. The molecule has 2 heterocycles. The summed E-state index contributed by atoms with van der Waals surface area (Å²) in [6.45, 7) is 4.09. The number of carbonyl (C=O) groups is 2. The van der Waals surface area contributed by atoms with Crippen molar-refractivity contribution in [3.63, 3.8) is 0 Å². The second-order valence-electron chi connectivity index (χ2n) is 17.1. The number of hydrogen-bond acceptors (Lipinski definition) is 10. The monoisotopic (exact) mass is 1020 g/mol. The Morgan fingerprint density at radius 2 is 0.917 bits per heavy atom. The highest BCUT2D eigenvalue weighted by atomic mass is 32.2. The first-order valence-electron chi connectivity index (χ1n) is 23.6. The van der Waals surface area contributed by atoms with Crippen molar-refractivity contribution >= 4 is 56.2 Å². The molecule has 8 aromatic rings. The van der Waals surface area contributed by atoms with Gasteiger partial charge < -0.3 is 10.6 Å². The molecule has 0 aliphatic heterocycles. The molecule has 6 aromatic carbocycles. The Balaban J connectivity index is 0.000000212. The standard InChI is InChI=1S/C28H29N3O4S2.C28H27N3O3S/c1-2-23-19-36-28(29-23)26(18-21-13-15-24(16-14-21)31-37(33,34)35)30-27(32)25(22-11-7-4-8-12-22)17-20-9-5-3-6-10-20;1-2-23-19-35-28(29-23)26(18-21-13-15-24(16-14-21)31(33)34)30-27(32)25(22-11-7-4-8-12-22)17-20-9-5-3-6-10-20/h3-16,19,25-26,31H,2,17-18H2,1H3,(H,30,32)(H,33,34,35);3-16,19,25-26H,2,17-18H2,1H3,(H,30,32)/t2*25?,26-/m00/s1. The van der Waals surface area contributed by atoms with Gasteiger partial charge >= 0.3 is 10.3 Å². The van der Waals surface area contributed by atoms with Gasteiger partial charge in [0.05, 0.1) is 45.9 Å². The Bertz CT molecular complexity index is 3090. The van der Waals surface area contributed by atoms with Crippen LogP contribution in [-0.4, -0.2) is 39.7 Å². The number of nitro groups is 1. The lowest BCUT2D eigenvalue weighted by Crippen LogP contribution is -2.35. The van der Waals surface area contributed by atoms with Crippen molar-refractivity contribution in [1.82, 2.24) is 20.6 Å². The van der Waals surface area contributed by atoms with E-state index in [1.165, 1.54) is 34.8 Å². The number of amides is 2. The zero-order valence-corrected chi connectivity index (χ0v) is 42.3. The van der Waals surface area contributed by atoms with Crippen molar-refractivity contribution < 1.29 is 27.5 Å². The maximum atomic E-state index is 13.8. The molecule has 0 bridgehead atoms. The molecule has 13 nitrogen and oxygen atoms in total. The molecule has 0 aliphatic rings. The van der Waals surface area contributed by atoms with Gasteiger partial charge in [-0.1, -0.05) is 159 Å². The van der Waals surface area contributed by atoms with Gasteiger partial charge in [-0.05, 0) is 84.0 Å². The fourth-order valence-electron chi connectivity index (χ4n) is 8.11. The van der Waals surface area contributed by atoms with Crippen molar-refractivity contribution in [1.29, 1.82) is 0 Å². The minimum atomic E-state index is -4.35. The number of rotatable bonds is 21. The number of nitrogens with one attached hydrogen (secondary N) is 3. The average molecular weight is 1020 g/mol. The summed E-state index contributed by atoms with van der Waals surface area (Å²) >= 11 is 3.04. The van der Waals surface area contributed by atoms with Gasteiger partial charge in [0.1, 0.15) is 10.0 Å². The third-order valence-electron chi connectivity index (χ3n) is 11.9. The molecule has 0 spiro atoms. The third-order valence-corrected chi connectivity index (χ3v) is 14.4. The lowest BCUT2D eigenvalue weighted by atomic mass is 9.90. The van der Waals surface area contributed by atoms with E-state index in [9.17, 15) is 28.1 Å². The van der Waals surface area contributed by atoms with Gasteiger partial charge in [-0.15, -0.1) is 22.7 Å². The highest BCUT2D eigenvalue weighted by molar-refractivity contribution is 7.87. The number of thiazole rings is 2. The summed E-state index contributed by atoms with van der Waals surface area (Å²) in [6.07, 6.45) is 3.73. The molecule has 4 atom stereocenters. The quantitative estimate of drug-likeness (QED) is 0.0308. The van der Waals surface area contributed by atoms with Gasteiger partial charge in [-0.25, -0.2) is 9.97 Å². The topological polar surface area (TPSA) is 194 Å². The van der Waals surface area contributed by atoms with Gasteiger partial charge in [0.15, 0.2) is 0 Å². The number of hydrogen-bond donors (Lipinski definition) is 4. The Hall–Kier alpha value is -7.37. The molecule has 2 unspecified atom stereocenters. The molecule has 0 fully saturated rings. The zero-order chi connectivity index (χ0) is 50.9. The predicted octanol–water partition coefficient (Wildman–Crippen LogP) is 11.4. The average Bonchev–Trinajstić information content (AvgIpc) is 4.10. The first-order chi connectivity index (χ1) is 34.8. The van der Waals surface area contributed by atoms with Crippen LogP contribution in [0, 0.1) is 10.1 Å². The first-order valence-corrected chi connectivity index (χ1v) is 26.8. The van der Waals surface area contributed by atoms with Crippen molar-refractivity contribution in [3.05, 3.63) is 246 Å². The van der Waals surface area contributed by atoms with Crippen LogP contribution >= 0.6 is 22.7 Å². The molecule has 370 valence electrons. The Kier molecular flexibility index (Phi) is 18.7. The number of anilines is 1. The molecule has 0 radical (unpaired) electrons. The second kappa shape index (κ2) is 25.7. The molecule has 0 saturated heterocycles. The minimum absolute atomic E-state index is 0.0452. The van der Waals surface area contributed by atoms with Gasteiger partial charge in [-0.3, -0.25) is 29.0 Å². The van der Waals surface area contributed by atoms with Crippen LogP contribution in [0.15, 0.2) is 181 Å². The Morgan fingerprint density at radius 3 is 1.26 bits per heavy atom. The summed E-state index contributed by atoms with van der Waals surface area (Å²) in [5.41, 5.74) is 8.09. The number of non-ortho nitro benzene ring substituents is 1. The SMILES string of the molecule is CCc1csc([C@H](Cc2ccc(NS(=O)(=O)O)cc2)NC(=O)C(Cc2ccccc2)c2ccccc2)n1.CCc1csc([C@H](Cc2ccc([N+](=O)[O-])cc2)NC(=O)C(Cc2ccccc2)c2ccccc2)n1. The van der Waals surface area contributed by atoms with Crippen LogP contribution in [0.1, 0.15) is 92.6 Å². The summed E-state index contributed by atoms with van der Waals surface area (Å²) in [6, 6.07) is 52.0. The van der Waals surface area contributed by atoms with Crippen LogP contribution in [0.25, 0.3) is 0 Å². The van der Waals surface area contributed by atoms with Crippen LogP contribution in [-0.2, 0) is 58.4 Å². The maximum absolute atomic E-state index is 13.8. The molecule has 72 heavy (non-hydrogen) atoms. The zero-order valence-electron chi connectivity index (χ0n) is 39.8. The van der Waals surface area contributed by atoms with E-state index in [1.54, 1.807) is 36.4 Å². The molecule has 4 N–H and O–H groups in total. The van der Waals surface area contributed by atoms with Gasteiger partial charge in [0.25, 0.3) is 5.69 Å². The van der Waals surface area contributed by atoms with E-state index in [0.29, 0.717) is 25.7 Å². The number of benzene rings is 6. The highest BCUT2D eigenvalue weighted by Gasteiger charge is 2.28. The molecule has 2 aromatic heterocycles. The fourth-order valence-corrected chi connectivity index (χ4v) is 10.5. The van der Waals surface area contributed by atoms with E-state index in [1.807, 2.05) is 151 Å². The van der Waals surface area contributed by atoms with E-state index in [4.69, 9.17) is 14.5 Å². The predicted molar refractivity (Wildman–Crippen MR) is 286 cm³/mol. The molecule has 0 saturated carbocycles. The number of nitrogens with zero attached hydrogens (tertiary/aromatic N) is 3. The van der Waals surface area contributed by atoms with E-state index in [0.717, 1.165) is 67.6 Å². The van der Waals surface area contributed by atoms with Crippen molar-refractivity contribution in [3.8, 4) is 0 Å². The molecule has 0 aliphatic carbocycles. The van der Waals surface area contributed by atoms with Crippen molar-refractivity contribution in [2.24, 2.45) is 0 Å². The number of nitro benzene ring substituents is 1. The lowest BCUT2D eigenvalue weighted by Gasteiger charge is -2.22. The van der Waals surface area contributed by atoms with Crippen LogP contribution in [0.3, 0.4) is 0 Å². The molecule has 8 rings (SSSR count). The van der Waals surface area contributed by atoms with Gasteiger partial charge in [0, 0.05) is 22.9 Å². The second-order valence-corrected chi connectivity index (χ2v) is 20.0. The summed E-state index contributed by atoms with van der Waals surface area (Å²) in [5.74, 6) is -0.889. The summed E-state index contributed by atoms with van der Waals surface area (Å²) in [5, 5.41) is 23.2. The van der Waals surface area contributed by atoms with E-state index >= 15 is 0 Å². The van der Waals surface area contributed by atoms with E-state index in [2.05, 4.69) is 10.6 Å². The Morgan fingerprint density at radius 1 is 0.556 bits per heavy atom. The van der Waals surface area contributed by atoms with Crippen molar-refractivity contribution in [2.75, 3.05) is 4.72 Å². The third kappa shape index (κ3) is 15.6. The normalized spacial score (nSPS) is 12.8. The minimum Gasteiger partial charge on any atom is -0.346 e. The van der Waals surface area contributed by atoms with Gasteiger partial charge in [-0.2, -0.15) is 8.42 Å². The first kappa shape index (κ1) is 52.5. The summed E-state index contributed by atoms with van der Waals surface area (Å²) in [7, 11) is -4.35. The lowest BCUT2D eigenvalue weighted by molar-refractivity contribution is -0.384. The Labute approximate surface area is 428 Å². The molecular formula is C56H56N6O7S3. The molecular weight excluding hydrogens is 965 g/mol. The van der Waals surface area contributed by atoms with Crippen LogP contribution < -0.4 is 15.4 Å². The highest BCUT2D eigenvalue weighted by Crippen LogP contribution is 2.30. The van der Waals surface area contributed by atoms with E-state index < -0.39 is 15.2 Å². The van der Waals surface area contributed by atoms with Crippen molar-refractivity contribution in [2.45, 2.75) is 76.3 Å². The number of aromatic nitrogens is 2. The number of carbonyl (C=O) groups excluding carboxylic acids is 2. The summed E-state index contributed by atoms with van der Waals surface area (Å²) in [4.78, 5) is 47.6. The van der Waals surface area contributed by atoms with Crippen LogP contribution in [0.2, 0.25) is 0 Å².